The van der Waals surface area contributed by atoms with Gasteiger partial charge in [-0.2, -0.15) is 12.6 Å². The predicted octanol–water partition coefficient (Wildman–Crippen LogP) is 0.608. The summed E-state index contributed by atoms with van der Waals surface area (Å²) in [6, 6.07) is 8.18. The molecule has 0 aromatic heterocycles. The van der Waals surface area contributed by atoms with Gasteiger partial charge in [0.05, 0.1) is 0 Å². The molecule has 8 heteroatoms. The van der Waals surface area contributed by atoms with E-state index in [1.54, 1.807) is 0 Å². The Kier molecular flexibility index (Phi) is 8.70. The smallest absolute Gasteiger partial charge is 0.326 e. The van der Waals surface area contributed by atoms with Gasteiger partial charge in [0, 0.05) is 24.6 Å². The molecule has 7 nitrogen and oxygen atoms in total. The summed E-state index contributed by atoms with van der Waals surface area (Å²) in [5.41, 5.74) is 6.03. The number of amides is 1. The monoisotopic (exact) mass is 352 g/mol. The molecule has 0 radical (unpaired) electrons. The van der Waals surface area contributed by atoms with E-state index in [1.807, 2.05) is 30.3 Å². The summed E-state index contributed by atoms with van der Waals surface area (Å²) in [6.07, 6.45) is 1.40. The number of guanidine groups is 1. The van der Waals surface area contributed by atoms with Crippen molar-refractivity contribution >= 4 is 30.5 Å². The van der Waals surface area contributed by atoms with Crippen molar-refractivity contribution in [3.8, 4) is 0 Å². The van der Waals surface area contributed by atoms with Crippen molar-refractivity contribution in [2.75, 3.05) is 12.3 Å². The van der Waals surface area contributed by atoms with Crippen molar-refractivity contribution in [1.82, 2.24) is 10.6 Å². The molecular weight excluding hydrogens is 328 g/mol. The fourth-order valence-electron chi connectivity index (χ4n) is 2.22. The summed E-state index contributed by atoms with van der Waals surface area (Å²) < 4.78 is 0. The predicted molar refractivity (Wildman–Crippen MR) is 96.2 cm³/mol. The molecule has 0 spiro atoms. The molecule has 1 unspecified atom stereocenters. The summed E-state index contributed by atoms with van der Waals surface area (Å²) in [6.45, 7) is 0.485. The normalized spacial score (nSPS) is 12.9. The second-order valence-electron chi connectivity index (χ2n) is 5.45. The van der Waals surface area contributed by atoms with Gasteiger partial charge in [-0.3, -0.25) is 10.2 Å². The zero-order valence-corrected chi connectivity index (χ0v) is 14.3. The van der Waals surface area contributed by atoms with Crippen LogP contribution in [-0.2, 0) is 16.0 Å². The first kappa shape index (κ1) is 19.8. The molecule has 1 aromatic carbocycles. The number of thiol groups is 1. The molecule has 0 saturated heterocycles. The van der Waals surface area contributed by atoms with E-state index in [4.69, 9.17) is 11.1 Å². The van der Waals surface area contributed by atoms with Crippen LogP contribution in [0.15, 0.2) is 30.3 Å². The highest BCUT2D eigenvalue weighted by Crippen LogP contribution is 2.10. The third-order valence-corrected chi connectivity index (χ3v) is 3.97. The molecule has 1 aromatic rings. The maximum atomic E-state index is 12.3. The average Bonchev–Trinajstić information content (AvgIpc) is 2.54. The van der Waals surface area contributed by atoms with E-state index >= 15 is 0 Å². The van der Waals surface area contributed by atoms with Crippen LogP contribution < -0.4 is 16.4 Å². The van der Waals surface area contributed by atoms with E-state index in [1.165, 1.54) is 0 Å². The van der Waals surface area contributed by atoms with Crippen LogP contribution in [0.2, 0.25) is 0 Å². The van der Waals surface area contributed by atoms with Crippen LogP contribution in [0, 0.1) is 11.3 Å². The largest absolute Gasteiger partial charge is 0.480 e. The van der Waals surface area contributed by atoms with Gasteiger partial charge in [-0.15, -0.1) is 0 Å². The average molecular weight is 352 g/mol. The summed E-state index contributed by atoms with van der Waals surface area (Å²) in [5, 5.41) is 21.7. The first-order chi connectivity index (χ1) is 11.4. The lowest BCUT2D eigenvalue weighted by molar-refractivity contribution is -0.142. The molecule has 0 bridgehead atoms. The van der Waals surface area contributed by atoms with Gasteiger partial charge in [-0.1, -0.05) is 30.3 Å². The van der Waals surface area contributed by atoms with Crippen LogP contribution in [0.3, 0.4) is 0 Å². The maximum Gasteiger partial charge on any atom is 0.326 e. The number of rotatable bonds is 10. The maximum absolute atomic E-state index is 12.3. The van der Waals surface area contributed by atoms with Crippen molar-refractivity contribution in [2.24, 2.45) is 11.7 Å². The lowest BCUT2D eigenvalue weighted by Crippen LogP contribution is -2.45. The Labute approximate surface area is 146 Å². The number of aliphatic carboxylic acids is 1. The van der Waals surface area contributed by atoms with Crippen molar-refractivity contribution in [2.45, 2.75) is 25.3 Å². The molecule has 0 aliphatic carbocycles. The number of carboxylic acid groups (broad SMARTS) is 1. The number of hydrogen-bond donors (Lipinski definition) is 6. The van der Waals surface area contributed by atoms with Crippen LogP contribution in [0.5, 0.6) is 0 Å². The molecule has 0 fully saturated rings. The Morgan fingerprint density at radius 3 is 2.50 bits per heavy atom. The number of nitrogens with one attached hydrogen (secondary N) is 3. The Balaban J connectivity index is 2.55. The molecule has 0 aliphatic rings. The van der Waals surface area contributed by atoms with Crippen molar-refractivity contribution in [3.63, 3.8) is 0 Å². The van der Waals surface area contributed by atoms with Crippen LogP contribution in [0.4, 0.5) is 0 Å². The highest BCUT2D eigenvalue weighted by atomic mass is 32.1. The first-order valence-corrected chi connectivity index (χ1v) is 8.33. The summed E-state index contributed by atoms with van der Waals surface area (Å²) in [5.74, 6) is -1.57. The van der Waals surface area contributed by atoms with E-state index in [9.17, 15) is 14.7 Å². The van der Waals surface area contributed by atoms with Crippen LogP contribution in [-0.4, -0.2) is 41.3 Å². The van der Waals surface area contributed by atoms with Gasteiger partial charge in [0.15, 0.2) is 5.96 Å². The molecule has 1 amide bonds. The third-order valence-electron chi connectivity index (χ3n) is 3.53. The fourth-order valence-corrected chi connectivity index (χ4v) is 2.56. The number of nitrogens with two attached hydrogens (primary N) is 1. The summed E-state index contributed by atoms with van der Waals surface area (Å²) >= 11 is 4.18. The van der Waals surface area contributed by atoms with Gasteiger partial charge in [0.25, 0.3) is 0 Å². The quantitative estimate of drug-likeness (QED) is 0.159. The molecular formula is C16H24N4O3S. The van der Waals surface area contributed by atoms with Crippen molar-refractivity contribution in [1.29, 1.82) is 5.41 Å². The SMILES string of the molecule is N=C(N)NCCCC(CS)C(=O)N[C@@H](Cc1ccccc1)C(=O)O. The fraction of sp³-hybridized carbons (Fsp3) is 0.438. The second-order valence-corrected chi connectivity index (χ2v) is 5.82. The van der Waals surface area contributed by atoms with Crippen molar-refractivity contribution < 1.29 is 14.7 Å². The number of benzene rings is 1. The highest BCUT2D eigenvalue weighted by molar-refractivity contribution is 7.80. The highest BCUT2D eigenvalue weighted by Gasteiger charge is 2.24. The van der Waals surface area contributed by atoms with Crippen LogP contribution in [0.25, 0.3) is 0 Å². The molecule has 24 heavy (non-hydrogen) atoms. The zero-order valence-electron chi connectivity index (χ0n) is 13.4. The number of carbonyl (C=O) groups is 2. The minimum atomic E-state index is -1.07. The summed E-state index contributed by atoms with van der Waals surface area (Å²) in [7, 11) is 0. The van der Waals surface area contributed by atoms with Gasteiger partial charge in [-0.25, -0.2) is 4.79 Å². The van der Waals surface area contributed by atoms with E-state index < -0.39 is 12.0 Å². The Bertz CT molecular complexity index is 554. The molecule has 0 saturated carbocycles. The number of hydrogen-bond acceptors (Lipinski definition) is 4. The molecule has 1 rings (SSSR count). The zero-order chi connectivity index (χ0) is 17.9. The number of carboxylic acids is 1. The van der Waals surface area contributed by atoms with Crippen LogP contribution in [0.1, 0.15) is 18.4 Å². The molecule has 0 aliphatic heterocycles. The van der Waals surface area contributed by atoms with Gasteiger partial charge < -0.3 is 21.5 Å². The van der Waals surface area contributed by atoms with E-state index in [-0.39, 0.29) is 24.2 Å². The molecule has 2 atom stereocenters. The number of carbonyl (C=O) groups excluding carboxylic acids is 1. The lowest BCUT2D eigenvalue weighted by atomic mass is 10.0. The molecule has 6 N–H and O–H groups in total. The second kappa shape index (κ2) is 10.5. The van der Waals surface area contributed by atoms with Crippen LogP contribution >= 0.6 is 12.6 Å². The van der Waals surface area contributed by atoms with Gasteiger partial charge in [0.2, 0.25) is 5.91 Å². The van der Waals surface area contributed by atoms with Gasteiger partial charge >= 0.3 is 5.97 Å². The molecule has 0 heterocycles. The third kappa shape index (κ3) is 7.36. The topological polar surface area (TPSA) is 128 Å². The van der Waals surface area contributed by atoms with Crippen molar-refractivity contribution in [3.05, 3.63) is 35.9 Å². The van der Waals surface area contributed by atoms with Gasteiger partial charge in [-0.05, 0) is 18.4 Å². The standard InChI is InChI=1S/C16H24N4O3S/c17-16(18)19-8-4-7-12(10-24)14(21)20-13(15(22)23)9-11-5-2-1-3-6-11/h1-3,5-6,12-13,24H,4,7-10H2,(H,20,21)(H,22,23)(H4,17,18,19)/t12?,13-/m0/s1. The Morgan fingerprint density at radius 1 is 1.29 bits per heavy atom. The van der Waals surface area contributed by atoms with E-state index in [2.05, 4.69) is 23.3 Å². The Hall–Kier alpha value is -2.22. The summed E-state index contributed by atoms with van der Waals surface area (Å²) in [4.78, 5) is 23.7. The van der Waals surface area contributed by atoms with E-state index in [0.29, 0.717) is 25.1 Å². The minimum absolute atomic E-state index is 0.115. The first-order valence-electron chi connectivity index (χ1n) is 7.70. The Morgan fingerprint density at radius 2 is 1.96 bits per heavy atom. The van der Waals surface area contributed by atoms with E-state index in [0.717, 1.165) is 5.56 Å². The lowest BCUT2D eigenvalue weighted by Gasteiger charge is -2.19. The van der Waals surface area contributed by atoms with Gasteiger partial charge in [0.1, 0.15) is 6.04 Å². The molecule has 132 valence electrons. The minimum Gasteiger partial charge on any atom is -0.480 e.